The first kappa shape index (κ1) is 66.0. The minimum Gasteiger partial charge on any atom is -0.533 e. The minimum atomic E-state index is -3.60. The molecule has 1 aliphatic heterocycles. The number of ether oxygens (including phenoxy) is 4. The predicted octanol–water partition coefficient (Wildman–Crippen LogP) is 13.7. The van der Waals surface area contributed by atoms with Gasteiger partial charge in [-0.2, -0.15) is 0 Å². The molecule has 1 aromatic heterocycles. The van der Waals surface area contributed by atoms with Crippen molar-refractivity contribution in [2.45, 2.75) is 154 Å². The fourth-order valence-corrected chi connectivity index (χ4v) is 25.7. The monoisotopic (exact) mass is 1260 g/mol. The van der Waals surface area contributed by atoms with Crippen molar-refractivity contribution in [2.24, 2.45) is 5.92 Å². The van der Waals surface area contributed by atoms with Crippen molar-refractivity contribution in [3.63, 3.8) is 0 Å². The SMILES string of the molecule is CCCCOC1C(C)OC(Oc2c(-c3ccc(CC(C)(C)[Si](O)(c4ccccc4)c4ccccc4)cc3)oc3cc(CC(C)(C)[Si](O)(c4ccccc4)c4ccccc4)cc(O[Si](c4ccccc4)(c4ccccc4)C(C)(C)C)c3c2=O)C(C)C1OCCCC. The highest BCUT2D eigenvalue weighted by Gasteiger charge is 2.54. The molecule has 0 bridgehead atoms. The van der Waals surface area contributed by atoms with Crippen LogP contribution in [0.3, 0.4) is 0 Å². The summed E-state index contributed by atoms with van der Waals surface area (Å²) >= 11 is 0. The van der Waals surface area contributed by atoms with Crippen LogP contribution < -0.4 is 45.7 Å². The molecule has 1 aliphatic rings. The van der Waals surface area contributed by atoms with E-state index in [1.807, 2.05) is 140 Å². The van der Waals surface area contributed by atoms with E-state index in [2.05, 4.69) is 154 Å². The molecule has 5 unspecified atom stereocenters. The Morgan fingerprint density at radius 1 is 0.500 bits per heavy atom. The third-order valence-corrected chi connectivity index (χ3v) is 32.7. The molecular weight excluding hydrogens is 1170 g/mol. The van der Waals surface area contributed by atoms with Gasteiger partial charge < -0.3 is 37.4 Å². The number of fused-ring (bicyclic) bond motifs is 1. The molecule has 5 atom stereocenters. The Morgan fingerprint density at radius 3 is 1.31 bits per heavy atom. The zero-order valence-electron chi connectivity index (χ0n) is 54.6. The standard InChI is InChI=1S/C78H92O9Si3/c1-12-14-50-82-71-56(3)75(84-57(4)72(71)83-51-15-13-2)86-74-70(79)69-67(85-73(74)60-48-46-58(47-49-60)54-77(8,9)88(80,61-34-22-16-23-35-61)62-36-24-17-25-37-62)52-59(55-78(10,11)89(81,63-38-26-18-27-39-63)64-40-28-19-29-41-64)53-68(69)87-90(76(5,6)7,65-42-30-20-31-43-65)66-44-32-21-33-45-66/h16-49,52-53,56-57,71-72,75,80-81H,12-15,50-51,54-55H2,1-11H3. The molecule has 0 amide bonds. The lowest BCUT2D eigenvalue weighted by molar-refractivity contribution is -0.265. The van der Waals surface area contributed by atoms with Gasteiger partial charge >= 0.3 is 8.32 Å². The van der Waals surface area contributed by atoms with Gasteiger partial charge in [0.25, 0.3) is 16.6 Å². The zero-order valence-corrected chi connectivity index (χ0v) is 57.6. The summed E-state index contributed by atoms with van der Waals surface area (Å²) in [4.78, 5) is 43.6. The number of unbranched alkanes of at least 4 members (excludes halogenated alkanes) is 2. The van der Waals surface area contributed by atoms with E-state index in [1.54, 1.807) is 0 Å². The molecule has 2 N–H and O–H groups in total. The Kier molecular flexibility index (Phi) is 20.4. The normalized spacial score (nSPS) is 17.7. The second kappa shape index (κ2) is 27.9. The number of hydrogen-bond acceptors (Lipinski definition) is 9. The highest BCUT2D eigenvalue weighted by Crippen LogP contribution is 2.46. The quantitative estimate of drug-likeness (QED) is 0.0426. The van der Waals surface area contributed by atoms with Crippen molar-refractivity contribution < 1.29 is 37.4 Å². The highest BCUT2D eigenvalue weighted by molar-refractivity contribution is 7.00. The van der Waals surface area contributed by atoms with Gasteiger partial charge in [-0.05, 0) is 102 Å². The molecular formula is C78H92O9Si3. The smallest absolute Gasteiger partial charge is 0.319 e. The van der Waals surface area contributed by atoms with Crippen LogP contribution in [0.5, 0.6) is 11.5 Å². The molecule has 9 aromatic rings. The van der Waals surface area contributed by atoms with Gasteiger partial charge in [-0.15, -0.1) is 0 Å². The van der Waals surface area contributed by atoms with E-state index >= 15 is 4.79 Å². The van der Waals surface area contributed by atoms with Crippen LogP contribution in [0.25, 0.3) is 22.3 Å². The summed E-state index contributed by atoms with van der Waals surface area (Å²) in [5.41, 5.74) is 2.35. The van der Waals surface area contributed by atoms with Crippen molar-refractivity contribution in [3.05, 3.63) is 240 Å². The topological polar surface area (TPSA) is 117 Å². The van der Waals surface area contributed by atoms with Gasteiger partial charge in [0, 0.05) is 24.7 Å². The molecule has 12 heteroatoms. The number of rotatable bonds is 25. The largest absolute Gasteiger partial charge is 0.533 e. The molecule has 0 radical (unpaired) electrons. The average molecular weight is 1260 g/mol. The second-order valence-corrected chi connectivity index (χ2v) is 39.2. The van der Waals surface area contributed by atoms with Gasteiger partial charge in [0.1, 0.15) is 22.8 Å². The van der Waals surface area contributed by atoms with Crippen molar-refractivity contribution >= 4 is 67.0 Å². The van der Waals surface area contributed by atoms with Crippen LogP contribution in [-0.4, -0.2) is 72.4 Å². The molecule has 8 aromatic carbocycles. The van der Waals surface area contributed by atoms with Gasteiger partial charge in [-0.25, -0.2) is 0 Å². The predicted molar refractivity (Wildman–Crippen MR) is 375 cm³/mol. The molecule has 0 aliphatic carbocycles. The Labute approximate surface area is 537 Å². The molecule has 2 heterocycles. The first-order chi connectivity index (χ1) is 43.2. The highest BCUT2D eigenvalue weighted by atomic mass is 28.4. The van der Waals surface area contributed by atoms with Gasteiger partial charge in [-0.1, -0.05) is 288 Å². The van der Waals surface area contributed by atoms with Crippen LogP contribution in [0.4, 0.5) is 0 Å². The van der Waals surface area contributed by atoms with Crippen molar-refractivity contribution in [1.82, 2.24) is 0 Å². The lowest BCUT2D eigenvalue weighted by Gasteiger charge is -2.44. The maximum Gasteiger partial charge on any atom is 0.319 e. The van der Waals surface area contributed by atoms with Crippen LogP contribution in [0.1, 0.15) is 113 Å². The zero-order chi connectivity index (χ0) is 63.9. The summed E-state index contributed by atoms with van der Waals surface area (Å²) in [6.07, 6.45) is 2.52. The van der Waals surface area contributed by atoms with Gasteiger partial charge in [-0.3, -0.25) is 4.79 Å². The summed E-state index contributed by atoms with van der Waals surface area (Å²) in [6.45, 7) is 24.8. The summed E-state index contributed by atoms with van der Waals surface area (Å²) < 4.78 is 43.0. The molecule has 470 valence electrons. The Hall–Kier alpha value is -6.98. The number of hydrogen-bond donors (Lipinski definition) is 2. The van der Waals surface area contributed by atoms with E-state index < -0.39 is 64.0 Å². The maximum absolute atomic E-state index is 16.7. The fourth-order valence-electron chi connectivity index (χ4n) is 13.9. The van der Waals surface area contributed by atoms with Crippen molar-refractivity contribution in [1.29, 1.82) is 0 Å². The number of benzene rings is 8. The van der Waals surface area contributed by atoms with Crippen LogP contribution >= 0.6 is 0 Å². The van der Waals surface area contributed by atoms with Gasteiger partial charge in [0.2, 0.25) is 17.5 Å². The van der Waals surface area contributed by atoms with E-state index in [0.29, 0.717) is 43.0 Å². The van der Waals surface area contributed by atoms with Crippen LogP contribution in [0, 0.1) is 5.92 Å². The summed E-state index contributed by atoms with van der Waals surface area (Å²) in [5.74, 6) is 0.203. The first-order valence-corrected chi connectivity index (χ1v) is 38.2. The molecule has 10 rings (SSSR count). The molecule has 9 nitrogen and oxygen atoms in total. The van der Waals surface area contributed by atoms with Crippen LogP contribution in [0.15, 0.2) is 228 Å². The third kappa shape index (κ3) is 13.1. The Morgan fingerprint density at radius 2 is 0.900 bits per heavy atom. The summed E-state index contributed by atoms with van der Waals surface area (Å²) in [5, 5.41) is 4.16. The second-order valence-electron chi connectivity index (χ2n) is 27.1. The van der Waals surface area contributed by atoms with Gasteiger partial charge in [0.05, 0.1) is 12.2 Å². The van der Waals surface area contributed by atoms with Gasteiger partial charge in [0.15, 0.2) is 5.76 Å². The molecule has 1 saturated heterocycles. The molecule has 0 spiro atoms. The van der Waals surface area contributed by atoms with E-state index in [0.717, 1.165) is 67.9 Å². The lowest BCUT2D eigenvalue weighted by Crippen LogP contribution is -2.68. The van der Waals surface area contributed by atoms with Crippen molar-refractivity contribution in [2.75, 3.05) is 13.2 Å². The van der Waals surface area contributed by atoms with E-state index in [1.165, 1.54) is 0 Å². The molecule has 1 fully saturated rings. The summed E-state index contributed by atoms with van der Waals surface area (Å²) in [7, 11) is -10.5. The van der Waals surface area contributed by atoms with Crippen LogP contribution in [-0.2, 0) is 27.1 Å². The molecule has 0 saturated carbocycles. The Balaban J connectivity index is 1.19. The molecule has 90 heavy (non-hydrogen) atoms. The fraction of sp³-hybridized carbons (Fsp3) is 0.346. The van der Waals surface area contributed by atoms with E-state index in [9.17, 15) is 9.59 Å². The summed E-state index contributed by atoms with van der Waals surface area (Å²) in [6, 6.07) is 73.4. The van der Waals surface area contributed by atoms with Crippen LogP contribution in [0.2, 0.25) is 15.1 Å². The van der Waals surface area contributed by atoms with E-state index in [4.69, 9.17) is 27.8 Å². The first-order valence-electron chi connectivity index (χ1n) is 32.4. The lowest BCUT2D eigenvalue weighted by atomic mass is 9.92. The third-order valence-electron chi connectivity index (χ3n) is 18.8. The maximum atomic E-state index is 16.7. The average Bonchev–Trinajstić information content (AvgIpc) is 0.779. The van der Waals surface area contributed by atoms with E-state index in [-0.39, 0.29) is 28.9 Å². The Bertz CT molecular complexity index is 3700. The van der Waals surface area contributed by atoms with Crippen molar-refractivity contribution in [3.8, 4) is 22.8 Å². The minimum absolute atomic E-state index is 0.0115.